The van der Waals surface area contributed by atoms with Gasteiger partial charge < -0.3 is 15.2 Å². The van der Waals surface area contributed by atoms with E-state index in [4.69, 9.17) is 4.74 Å². The molecule has 3 heteroatoms. The fourth-order valence-electron chi connectivity index (χ4n) is 2.55. The third kappa shape index (κ3) is 3.33. The molecular weight excluding hydrogens is 250 g/mol. The molecule has 0 bridgehead atoms. The molecule has 0 aromatic heterocycles. The van der Waals surface area contributed by atoms with Gasteiger partial charge in [0.2, 0.25) is 0 Å². The summed E-state index contributed by atoms with van der Waals surface area (Å²) in [6.07, 6.45) is 2.35. The van der Waals surface area contributed by atoms with Gasteiger partial charge in [0.1, 0.15) is 12.4 Å². The maximum atomic E-state index is 9.67. The van der Waals surface area contributed by atoms with Crippen molar-refractivity contribution >= 4 is 0 Å². The van der Waals surface area contributed by atoms with E-state index in [-0.39, 0.29) is 17.6 Å². The van der Waals surface area contributed by atoms with Crippen LogP contribution in [0.3, 0.4) is 0 Å². The minimum absolute atomic E-state index is 0.119. The third-order valence-electron chi connectivity index (χ3n) is 4.36. The van der Waals surface area contributed by atoms with Crippen molar-refractivity contribution in [1.29, 1.82) is 0 Å². The molecule has 20 heavy (non-hydrogen) atoms. The van der Waals surface area contributed by atoms with Crippen LogP contribution in [0, 0.1) is 5.92 Å². The lowest BCUT2D eigenvalue weighted by atomic mass is 9.87. The molecule has 2 N–H and O–H groups in total. The van der Waals surface area contributed by atoms with Crippen molar-refractivity contribution in [3.8, 4) is 5.75 Å². The number of aliphatic hydroxyl groups is 1. The zero-order valence-corrected chi connectivity index (χ0v) is 13.1. The number of hydrogen-bond acceptors (Lipinski definition) is 3. The first-order valence-corrected chi connectivity index (χ1v) is 7.44. The van der Waals surface area contributed by atoms with Gasteiger partial charge in [0.25, 0.3) is 0 Å². The highest BCUT2D eigenvalue weighted by Gasteiger charge is 2.44. The topological polar surface area (TPSA) is 41.5 Å². The Balaban J connectivity index is 2.00. The van der Waals surface area contributed by atoms with Gasteiger partial charge in [-0.05, 0) is 48.9 Å². The molecule has 1 aliphatic rings. The van der Waals surface area contributed by atoms with Gasteiger partial charge in [0.15, 0.2) is 0 Å². The van der Waals surface area contributed by atoms with E-state index in [0.717, 1.165) is 5.75 Å². The lowest BCUT2D eigenvalue weighted by molar-refractivity contribution is 0.0915. The van der Waals surface area contributed by atoms with Crippen molar-refractivity contribution in [3.63, 3.8) is 0 Å². The standard InChI is InChI=1S/C17H27NO2/c1-16(2,3)13-7-9-15(10-8-13)20-12-17(11-19,18-4)14-5-6-14/h7-10,14,18-19H,5-6,11-12H2,1-4H3. The molecule has 1 aromatic rings. The third-order valence-corrected chi connectivity index (χ3v) is 4.36. The maximum Gasteiger partial charge on any atom is 0.119 e. The maximum absolute atomic E-state index is 9.67. The minimum atomic E-state index is -0.289. The molecule has 1 aromatic carbocycles. The summed E-state index contributed by atoms with van der Waals surface area (Å²) >= 11 is 0. The molecule has 1 unspecified atom stereocenters. The molecule has 1 atom stereocenters. The second-order valence-electron chi connectivity index (χ2n) is 6.90. The smallest absolute Gasteiger partial charge is 0.119 e. The summed E-state index contributed by atoms with van der Waals surface area (Å²) in [7, 11) is 1.90. The van der Waals surface area contributed by atoms with Gasteiger partial charge >= 0.3 is 0 Å². The van der Waals surface area contributed by atoms with Crippen molar-refractivity contribution in [2.45, 2.75) is 44.6 Å². The number of nitrogens with one attached hydrogen (secondary N) is 1. The molecule has 112 valence electrons. The Hall–Kier alpha value is -1.06. The Kier molecular flexibility index (Phi) is 4.40. The van der Waals surface area contributed by atoms with E-state index in [2.05, 4.69) is 38.2 Å². The molecule has 1 fully saturated rings. The number of ether oxygens (including phenoxy) is 1. The summed E-state index contributed by atoms with van der Waals surface area (Å²) in [5.74, 6) is 1.40. The molecule has 0 spiro atoms. The van der Waals surface area contributed by atoms with Crippen molar-refractivity contribution in [2.24, 2.45) is 5.92 Å². The molecule has 0 heterocycles. The second-order valence-corrected chi connectivity index (χ2v) is 6.90. The van der Waals surface area contributed by atoms with E-state index in [1.807, 2.05) is 19.2 Å². The average molecular weight is 277 g/mol. The fraction of sp³-hybridized carbons (Fsp3) is 0.647. The Bertz CT molecular complexity index is 425. The zero-order chi connectivity index (χ0) is 14.8. The van der Waals surface area contributed by atoms with Crippen LogP contribution in [0.15, 0.2) is 24.3 Å². The van der Waals surface area contributed by atoms with Crippen LogP contribution in [0.4, 0.5) is 0 Å². The highest BCUT2D eigenvalue weighted by atomic mass is 16.5. The molecule has 1 saturated carbocycles. The van der Waals surface area contributed by atoms with Crippen LogP contribution in [0.25, 0.3) is 0 Å². The minimum Gasteiger partial charge on any atom is -0.492 e. The van der Waals surface area contributed by atoms with Gasteiger partial charge in [-0.1, -0.05) is 32.9 Å². The van der Waals surface area contributed by atoms with Crippen LogP contribution >= 0.6 is 0 Å². The molecule has 0 amide bonds. The second kappa shape index (κ2) is 5.74. The molecule has 0 radical (unpaired) electrons. The average Bonchev–Trinajstić information content (AvgIpc) is 3.25. The van der Waals surface area contributed by atoms with Crippen LogP contribution < -0.4 is 10.1 Å². The van der Waals surface area contributed by atoms with Gasteiger partial charge in [0.05, 0.1) is 12.1 Å². The van der Waals surface area contributed by atoms with Crippen molar-refractivity contribution < 1.29 is 9.84 Å². The summed E-state index contributed by atoms with van der Waals surface area (Å²) in [5.41, 5.74) is 1.17. The van der Waals surface area contributed by atoms with Crippen molar-refractivity contribution in [2.75, 3.05) is 20.3 Å². The first-order chi connectivity index (χ1) is 9.41. The van der Waals surface area contributed by atoms with Crippen LogP contribution in [0.2, 0.25) is 0 Å². The van der Waals surface area contributed by atoms with E-state index in [9.17, 15) is 5.11 Å². The van der Waals surface area contributed by atoms with Gasteiger partial charge in [-0.2, -0.15) is 0 Å². The molecular formula is C17H27NO2. The SMILES string of the molecule is CNC(CO)(COc1ccc(C(C)(C)C)cc1)C1CC1. The summed E-state index contributed by atoms with van der Waals surface area (Å²) < 4.78 is 5.90. The molecule has 3 nitrogen and oxygen atoms in total. The normalized spacial score (nSPS) is 18.6. The van der Waals surface area contributed by atoms with E-state index >= 15 is 0 Å². The van der Waals surface area contributed by atoms with Crippen molar-refractivity contribution in [1.82, 2.24) is 5.32 Å². The van der Waals surface area contributed by atoms with E-state index in [1.54, 1.807) is 0 Å². The lowest BCUT2D eigenvalue weighted by Gasteiger charge is -2.31. The Morgan fingerprint density at radius 1 is 1.20 bits per heavy atom. The predicted octanol–water partition coefficient (Wildman–Crippen LogP) is 2.72. The van der Waals surface area contributed by atoms with Crippen LogP contribution in [0.1, 0.15) is 39.2 Å². The predicted molar refractivity (Wildman–Crippen MR) is 82.2 cm³/mol. The summed E-state index contributed by atoms with van der Waals surface area (Å²) in [5, 5.41) is 12.9. The largest absolute Gasteiger partial charge is 0.492 e. The van der Waals surface area contributed by atoms with Gasteiger partial charge in [-0.3, -0.25) is 0 Å². The van der Waals surface area contributed by atoms with Crippen molar-refractivity contribution in [3.05, 3.63) is 29.8 Å². The Morgan fingerprint density at radius 3 is 2.20 bits per heavy atom. The lowest BCUT2D eigenvalue weighted by Crippen LogP contribution is -2.53. The highest BCUT2D eigenvalue weighted by molar-refractivity contribution is 5.31. The molecule has 0 saturated heterocycles. The van der Waals surface area contributed by atoms with Crippen LogP contribution in [-0.4, -0.2) is 30.9 Å². The monoisotopic (exact) mass is 277 g/mol. The number of benzene rings is 1. The van der Waals surface area contributed by atoms with Gasteiger partial charge in [-0.15, -0.1) is 0 Å². The van der Waals surface area contributed by atoms with E-state index < -0.39 is 0 Å². The number of hydrogen-bond donors (Lipinski definition) is 2. The number of aliphatic hydroxyl groups excluding tert-OH is 1. The summed E-state index contributed by atoms with van der Waals surface area (Å²) in [6, 6.07) is 8.27. The Morgan fingerprint density at radius 2 is 1.80 bits per heavy atom. The Labute approximate surface area is 122 Å². The highest BCUT2D eigenvalue weighted by Crippen LogP contribution is 2.39. The van der Waals surface area contributed by atoms with Gasteiger partial charge in [-0.25, -0.2) is 0 Å². The summed E-state index contributed by atoms with van der Waals surface area (Å²) in [6.45, 7) is 7.24. The van der Waals surface area contributed by atoms with Crippen LogP contribution in [-0.2, 0) is 5.41 Å². The number of likely N-dealkylation sites (N-methyl/N-ethyl adjacent to an activating group) is 1. The fourth-order valence-corrected chi connectivity index (χ4v) is 2.55. The molecule has 1 aliphatic carbocycles. The number of rotatable bonds is 6. The van der Waals surface area contributed by atoms with Crippen LogP contribution in [0.5, 0.6) is 5.75 Å². The van der Waals surface area contributed by atoms with E-state index in [1.165, 1.54) is 18.4 Å². The quantitative estimate of drug-likeness (QED) is 0.840. The first-order valence-electron chi connectivity index (χ1n) is 7.44. The summed E-state index contributed by atoms with van der Waals surface area (Å²) in [4.78, 5) is 0. The first kappa shape index (κ1) is 15.3. The molecule has 0 aliphatic heterocycles. The van der Waals surface area contributed by atoms with Gasteiger partial charge in [0, 0.05) is 0 Å². The zero-order valence-electron chi connectivity index (χ0n) is 13.1. The van der Waals surface area contributed by atoms with E-state index in [0.29, 0.717) is 12.5 Å². The molecule has 2 rings (SSSR count).